The molecule has 0 bridgehead atoms. The minimum Gasteiger partial charge on any atom is -0.370 e. The van der Waals surface area contributed by atoms with Crippen molar-refractivity contribution in [2.75, 3.05) is 34.8 Å². The smallest absolute Gasteiger partial charge is 0.248 e. The number of primary amides is 1. The Morgan fingerprint density at radius 2 is 1.72 bits per heavy atom. The molecule has 0 aliphatic carbocycles. The lowest BCUT2D eigenvalue weighted by Gasteiger charge is -2.31. The first-order valence-electron chi connectivity index (χ1n) is 10.6. The summed E-state index contributed by atoms with van der Waals surface area (Å²) in [5, 5.41) is 2.84. The number of piperidine rings is 1. The maximum Gasteiger partial charge on any atom is 0.248 e. The number of nitrogens with zero attached hydrogens (tertiary/aromatic N) is 2. The zero-order valence-corrected chi connectivity index (χ0v) is 17.4. The number of hydrogen-bond acceptors (Lipinski definition) is 4. The third kappa shape index (κ3) is 4.42. The summed E-state index contributed by atoms with van der Waals surface area (Å²) in [5.74, 6) is -3.77. The van der Waals surface area contributed by atoms with Gasteiger partial charge in [0.15, 0.2) is 0 Å². The normalized spacial score (nSPS) is 18.7. The summed E-state index contributed by atoms with van der Waals surface area (Å²) in [4.78, 5) is 40.4. The van der Waals surface area contributed by atoms with E-state index in [0.717, 1.165) is 49.0 Å². The van der Waals surface area contributed by atoms with E-state index in [9.17, 15) is 23.2 Å². The molecule has 2 aromatic rings. The van der Waals surface area contributed by atoms with Gasteiger partial charge >= 0.3 is 0 Å². The van der Waals surface area contributed by atoms with Crippen LogP contribution >= 0.6 is 0 Å². The molecule has 1 atom stereocenters. The molecule has 3 N–H and O–H groups in total. The van der Waals surface area contributed by atoms with Crippen molar-refractivity contribution in [2.45, 2.75) is 25.7 Å². The SMILES string of the molecule is NC(=O)c1ccc(N2CCCCC2)c(NC(=O)C2CC(=O)N(c3ccc(F)cc3F)C2)c1. The molecule has 2 aromatic carbocycles. The van der Waals surface area contributed by atoms with Crippen molar-refractivity contribution in [3.8, 4) is 0 Å². The van der Waals surface area contributed by atoms with E-state index in [0.29, 0.717) is 11.8 Å². The Hall–Kier alpha value is -3.49. The van der Waals surface area contributed by atoms with E-state index in [2.05, 4.69) is 10.2 Å². The van der Waals surface area contributed by atoms with Gasteiger partial charge in [0, 0.05) is 37.7 Å². The topological polar surface area (TPSA) is 95.7 Å². The second kappa shape index (κ2) is 8.94. The highest BCUT2D eigenvalue weighted by Gasteiger charge is 2.36. The van der Waals surface area contributed by atoms with Crippen molar-refractivity contribution < 1.29 is 23.2 Å². The number of carbonyl (C=O) groups excluding carboxylic acids is 3. The number of hydrogen-bond donors (Lipinski definition) is 2. The van der Waals surface area contributed by atoms with Crippen LogP contribution in [0, 0.1) is 17.6 Å². The van der Waals surface area contributed by atoms with Gasteiger partial charge in [-0.3, -0.25) is 14.4 Å². The fraction of sp³-hybridized carbons (Fsp3) is 0.348. The Bertz CT molecular complexity index is 1070. The van der Waals surface area contributed by atoms with Gasteiger partial charge in [-0.1, -0.05) is 0 Å². The molecule has 32 heavy (non-hydrogen) atoms. The molecule has 0 aromatic heterocycles. The fourth-order valence-corrected chi connectivity index (χ4v) is 4.25. The highest BCUT2D eigenvalue weighted by Crippen LogP contribution is 2.32. The van der Waals surface area contributed by atoms with Crippen LogP contribution in [-0.2, 0) is 9.59 Å². The number of carbonyl (C=O) groups is 3. The van der Waals surface area contributed by atoms with Gasteiger partial charge in [0.2, 0.25) is 17.7 Å². The molecule has 2 heterocycles. The van der Waals surface area contributed by atoms with Gasteiger partial charge in [0.25, 0.3) is 0 Å². The molecule has 168 valence electrons. The zero-order valence-electron chi connectivity index (χ0n) is 17.4. The maximum absolute atomic E-state index is 14.1. The lowest BCUT2D eigenvalue weighted by molar-refractivity contribution is -0.122. The first-order chi connectivity index (χ1) is 15.3. The summed E-state index contributed by atoms with van der Waals surface area (Å²) in [7, 11) is 0. The van der Waals surface area contributed by atoms with E-state index in [4.69, 9.17) is 5.73 Å². The van der Waals surface area contributed by atoms with Gasteiger partial charge in [-0.15, -0.1) is 0 Å². The molecule has 0 saturated carbocycles. The van der Waals surface area contributed by atoms with Crippen molar-refractivity contribution in [1.82, 2.24) is 0 Å². The van der Waals surface area contributed by atoms with Crippen LogP contribution in [0.25, 0.3) is 0 Å². The second-order valence-corrected chi connectivity index (χ2v) is 8.13. The van der Waals surface area contributed by atoms with E-state index >= 15 is 0 Å². The van der Waals surface area contributed by atoms with Crippen LogP contribution in [0.4, 0.5) is 25.8 Å². The Morgan fingerprint density at radius 3 is 2.41 bits per heavy atom. The third-order valence-electron chi connectivity index (χ3n) is 5.93. The summed E-state index contributed by atoms with van der Waals surface area (Å²) in [6, 6.07) is 7.89. The van der Waals surface area contributed by atoms with Crippen LogP contribution in [0.5, 0.6) is 0 Å². The number of halogens is 2. The zero-order chi connectivity index (χ0) is 22.8. The van der Waals surface area contributed by atoms with Crippen LogP contribution in [0.1, 0.15) is 36.0 Å². The van der Waals surface area contributed by atoms with Gasteiger partial charge in [0.1, 0.15) is 11.6 Å². The molecule has 2 aliphatic rings. The van der Waals surface area contributed by atoms with E-state index in [-0.39, 0.29) is 24.2 Å². The van der Waals surface area contributed by atoms with E-state index in [1.165, 1.54) is 6.07 Å². The van der Waals surface area contributed by atoms with E-state index in [1.54, 1.807) is 18.2 Å². The van der Waals surface area contributed by atoms with Gasteiger partial charge in [0.05, 0.1) is 23.0 Å². The highest BCUT2D eigenvalue weighted by atomic mass is 19.1. The van der Waals surface area contributed by atoms with Crippen LogP contribution in [0.15, 0.2) is 36.4 Å². The molecule has 2 fully saturated rings. The minimum atomic E-state index is -0.860. The predicted molar refractivity (Wildman–Crippen MR) is 116 cm³/mol. The van der Waals surface area contributed by atoms with Crippen LogP contribution < -0.4 is 20.9 Å². The van der Waals surface area contributed by atoms with Crippen LogP contribution in [-0.4, -0.2) is 37.4 Å². The van der Waals surface area contributed by atoms with E-state index in [1.807, 2.05) is 0 Å². The number of rotatable bonds is 5. The number of benzene rings is 2. The molecule has 0 spiro atoms. The lowest BCUT2D eigenvalue weighted by atomic mass is 10.1. The summed E-state index contributed by atoms with van der Waals surface area (Å²) in [6.45, 7) is 1.64. The van der Waals surface area contributed by atoms with Crippen molar-refractivity contribution in [3.05, 3.63) is 53.6 Å². The molecule has 1 unspecified atom stereocenters. The molecular weight excluding hydrogens is 418 g/mol. The van der Waals surface area contributed by atoms with Crippen LogP contribution in [0.2, 0.25) is 0 Å². The van der Waals surface area contributed by atoms with Gasteiger partial charge in [-0.2, -0.15) is 0 Å². The standard InChI is InChI=1S/C23H24F2N4O3/c24-16-5-7-19(17(25)12-16)29-13-15(11-21(29)30)23(32)27-18-10-14(22(26)31)4-6-20(18)28-8-2-1-3-9-28/h4-7,10,12,15H,1-3,8-9,11,13H2,(H2,26,31)(H,27,32). The lowest BCUT2D eigenvalue weighted by Crippen LogP contribution is -2.32. The summed E-state index contributed by atoms with van der Waals surface area (Å²) < 4.78 is 27.4. The van der Waals surface area contributed by atoms with Crippen molar-refractivity contribution in [3.63, 3.8) is 0 Å². The molecular formula is C23H24F2N4O3. The van der Waals surface area contributed by atoms with Crippen molar-refractivity contribution in [2.24, 2.45) is 11.7 Å². The number of amides is 3. The molecule has 7 nitrogen and oxygen atoms in total. The Balaban J connectivity index is 1.55. The van der Waals surface area contributed by atoms with Crippen molar-refractivity contribution >= 4 is 34.8 Å². The Morgan fingerprint density at radius 1 is 1.00 bits per heavy atom. The second-order valence-electron chi connectivity index (χ2n) is 8.13. The number of anilines is 3. The summed E-state index contributed by atoms with van der Waals surface area (Å²) in [5.41, 5.74) is 6.85. The fourth-order valence-electron chi connectivity index (χ4n) is 4.25. The van der Waals surface area contributed by atoms with Gasteiger partial charge in [-0.25, -0.2) is 8.78 Å². The maximum atomic E-state index is 14.1. The third-order valence-corrected chi connectivity index (χ3v) is 5.93. The van der Waals surface area contributed by atoms with Gasteiger partial charge in [-0.05, 0) is 49.6 Å². The number of nitrogens with two attached hydrogens (primary N) is 1. The summed E-state index contributed by atoms with van der Waals surface area (Å²) >= 11 is 0. The first-order valence-corrected chi connectivity index (χ1v) is 10.6. The molecule has 2 aliphatic heterocycles. The first kappa shape index (κ1) is 21.7. The number of nitrogens with one attached hydrogen (secondary N) is 1. The van der Waals surface area contributed by atoms with Crippen molar-refractivity contribution in [1.29, 1.82) is 0 Å². The molecule has 9 heteroatoms. The monoisotopic (exact) mass is 442 g/mol. The Labute approximate surface area is 184 Å². The molecule has 3 amide bonds. The largest absolute Gasteiger partial charge is 0.370 e. The molecule has 2 saturated heterocycles. The highest BCUT2D eigenvalue weighted by molar-refractivity contribution is 6.05. The van der Waals surface area contributed by atoms with Crippen LogP contribution in [0.3, 0.4) is 0 Å². The Kier molecular flexibility index (Phi) is 6.07. The average Bonchev–Trinajstić information content (AvgIpc) is 3.16. The van der Waals surface area contributed by atoms with Gasteiger partial charge < -0.3 is 20.9 Å². The van der Waals surface area contributed by atoms with E-state index < -0.39 is 35.3 Å². The predicted octanol–water partition coefficient (Wildman–Crippen LogP) is 3.05. The minimum absolute atomic E-state index is 0.0260. The summed E-state index contributed by atoms with van der Waals surface area (Å²) in [6.07, 6.45) is 3.09. The molecule has 4 rings (SSSR count). The average molecular weight is 442 g/mol. The molecule has 0 radical (unpaired) electrons. The quantitative estimate of drug-likeness (QED) is 0.744.